The summed E-state index contributed by atoms with van der Waals surface area (Å²) in [7, 11) is 1.79. The molecule has 0 aliphatic carbocycles. The number of rotatable bonds is 1. The van der Waals surface area contributed by atoms with Gasteiger partial charge in [0.1, 0.15) is 0 Å². The van der Waals surface area contributed by atoms with E-state index in [9.17, 15) is 4.79 Å². The van der Waals surface area contributed by atoms with E-state index in [0.717, 1.165) is 18.5 Å². The Morgan fingerprint density at radius 1 is 1.62 bits per heavy atom. The standard InChI is InChI=1S/C10H14N2O/c1-12-7-3-4-8(10(12)13)9-5-2-6-11-9/h3-4,7,9,11H,2,5-6H2,1H3. The second-order valence-electron chi connectivity index (χ2n) is 3.53. The van der Waals surface area contributed by atoms with Gasteiger partial charge in [-0.05, 0) is 25.5 Å². The van der Waals surface area contributed by atoms with Gasteiger partial charge in [-0.15, -0.1) is 0 Å². The Bertz CT molecular complexity index is 350. The van der Waals surface area contributed by atoms with Crippen LogP contribution in [0.15, 0.2) is 23.1 Å². The van der Waals surface area contributed by atoms with Crippen LogP contribution in [-0.2, 0) is 7.05 Å². The maximum atomic E-state index is 11.7. The number of nitrogens with zero attached hydrogens (tertiary/aromatic N) is 1. The molecule has 1 aromatic heterocycles. The van der Waals surface area contributed by atoms with Gasteiger partial charge in [0, 0.05) is 24.8 Å². The molecule has 13 heavy (non-hydrogen) atoms. The first-order chi connectivity index (χ1) is 6.29. The molecule has 1 N–H and O–H groups in total. The second kappa shape index (κ2) is 3.34. The number of hydrogen-bond donors (Lipinski definition) is 1. The summed E-state index contributed by atoms with van der Waals surface area (Å²) in [6.07, 6.45) is 4.04. The number of aryl methyl sites for hydroxylation is 1. The van der Waals surface area contributed by atoms with Crippen molar-refractivity contribution >= 4 is 0 Å². The molecule has 0 amide bonds. The highest BCUT2D eigenvalue weighted by Crippen LogP contribution is 2.19. The molecule has 2 rings (SSSR count). The average molecular weight is 178 g/mol. The molecule has 1 aliphatic rings. The first-order valence-electron chi connectivity index (χ1n) is 4.68. The van der Waals surface area contributed by atoms with Crippen LogP contribution in [0.5, 0.6) is 0 Å². The number of pyridine rings is 1. The molecule has 1 fully saturated rings. The molecule has 0 aromatic carbocycles. The largest absolute Gasteiger partial charge is 0.318 e. The zero-order valence-corrected chi connectivity index (χ0v) is 7.79. The van der Waals surface area contributed by atoms with Gasteiger partial charge < -0.3 is 9.88 Å². The van der Waals surface area contributed by atoms with Crippen LogP contribution in [0, 0.1) is 0 Å². The molecule has 1 unspecified atom stereocenters. The lowest BCUT2D eigenvalue weighted by atomic mass is 10.1. The van der Waals surface area contributed by atoms with E-state index < -0.39 is 0 Å². The summed E-state index contributed by atoms with van der Waals surface area (Å²) in [5.74, 6) is 0. The summed E-state index contributed by atoms with van der Waals surface area (Å²) < 4.78 is 1.63. The molecule has 70 valence electrons. The lowest BCUT2D eigenvalue weighted by Crippen LogP contribution is -2.26. The molecule has 1 aromatic rings. The van der Waals surface area contributed by atoms with Gasteiger partial charge in [0.15, 0.2) is 0 Å². The number of nitrogens with one attached hydrogen (secondary N) is 1. The maximum absolute atomic E-state index is 11.7. The summed E-state index contributed by atoms with van der Waals surface area (Å²) in [5.41, 5.74) is 1.03. The van der Waals surface area contributed by atoms with Gasteiger partial charge in [-0.3, -0.25) is 4.79 Å². The molecule has 3 nitrogen and oxygen atoms in total. The van der Waals surface area contributed by atoms with Crippen LogP contribution in [-0.4, -0.2) is 11.1 Å². The zero-order valence-electron chi connectivity index (χ0n) is 7.79. The Labute approximate surface area is 77.4 Å². The van der Waals surface area contributed by atoms with Crippen molar-refractivity contribution in [3.8, 4) is 0 Å². The van der Waals surface area contributed by atoms with Crippen molar-refractivity contribution in [3.63, 3.8) is 0 Å². The first kappa shape index (κ1) is 8.51. The molecule has 1 saturated heterocycles. The number of hydrogen-bond acceptors (Lipinski definition) is 2. The smallest absolute Gasteiger partial charge is 0.255 e. The summed E-state index contributed by atoms with van der Waals surface area (Å²) in [5, 5.41) is 3.33. The lowest BCUT2D eigenvalue weighted by molar-refractivity contribution is 0.629. The van der Waals surface area contributed by atoms with Crippen molar-refractivity contribution in [3.05, 3.63) is 34.2 Å². The van der Waals surface area contributed by atoms with Crippen molar-refractivity contribution in [2.45, 2.75) is 18.9 Å². The van der Waals surface area contributed by atoms with Crippen LogP contribution in [0.25, 0.3) is 0 Å². The van der Waals surface area contributed by atoms with E-state index in [2.05, 4.69) is 5.32 Å². The Balaban J connectivity index is 2.39. The molecular formula is C10H14N2O. The Morgan fingerprint density at radius 2 is 2.46 bits per heavy atom. The highest BCUT2D eigenvalue weighted by molar-refractivity contribution is 5.16. The third-order valence-electron chi connectivity index (χ3n) is 2.59. The summed E-state index contributed by atoms with van der Waals surface area (Å²) >= 11 is 0. The fourth-order valence-corrected chi connectivity index (χ4v) is 1.83. The van der Waals surface area contributed by atoms with Gasteiger partial charge in [-0.2, -0.15) is 0 Å². The van der Waals surface area contributed by atoms with Crippen LogP contribution in [0.3, 0.4) is 0 Å². The van der Waals surface area contributed by atoms with Crippen molar-refractivity contribution in [1.82, 2.24) is 9.88 Å². The van der Waals surface area contributed by atoms with E-state index in [-0.39, 0.29) is 11.6 Å². The number of aromatic nitrogens is 1. The molecule has 2 heterocycles. The maximum Gasteiger partial charge on any atom is 0.255 e. The van der Waals surface area contributed by atoms with Crippen molar-refractivity contribution < 1.29 is 0 Å². The third kappa shape index (κ3) is 1.52. The van der Waals surface area contributed by atoms with E-state index in [1.54, 1.807) is 17.8 Å². The van der Waals surface area contributed by atoms with E-state index in [4.69, 9.17) is 0 Å². The summed E-state index contributed by atoms with van der Waals surface area (Å²) in [6.45, 7) is 1.03. The Hall–Kier alpha value is -1.09. The van der Waals surface area contributed by atoms with E-state index in [0.29, 0.717) is 0 Å². The highest BCUT2D eigenvalue weighted by atomic mass is 16.1. The van der Waals surface area contributed by atoms with E-state index >= 15 is 0 Å². The van der Waals surface area contributed by atoms with Crippen molar-refractivity contribution in [1.29, 1.82) is 0 Å². The average Bonchev–Trinajstić information content (AvgIpc) is 2.62. The van der Waals surface area contributed by atoms with E-state index in [1.807, 2.05) is 12.1 Å². The van der Waals surface area contributed by atoms with Crippen LogP contribution in [0.1, 0.15) is 24.4 Å². The predicted octanol–water partition coefficient (Wildman–Crippen LogP) is 0.810. The topological polar surface area (TPSA) is 34.0 Å². The monoisotopic (exact) mass is 178 g/mol. The van der Waals surface area contributed by atoms with Crippen LogP contribution in [0.2, 0.25) is 0 Å². The van der Waals surface area contributed by atoms with Crippen molar-refractivity contribution in [2.75, 3.05) is 6.54 Å². The molecule has 0 bridgehead atoms. The molecular weight excluding hydrogens is 164 g/mol. The normalized spacial score (nSPS) is 22.1. The van der Waals surface area contributed by atoms with Gasteiger partial charge in [0.25, 0.3) is 5.56 Å². The minimum Gasteiger partial charge on any atom is -0.318 e. The molecule has 0 radical (unpaired) electrons. The molecule has 3 heteroatoms. The Morgan fingerprint density at radius 3 is 3.15 bits per heavy atom. The molecule has 0 saturated carbocycles. The van der Waals surface area contributed by atoms with Crippen LogP contribution < -0.4 is 10.9 Å². The first-order valence-corrected chi connectivity index (χ1v) is 4.68. The van der Waals surface area contributed by atoms with Crippen LogP contribution >= 0.6 is 0 Å². The highest BCUT2D eigenvalue weighted by Gasteiger charge is 2.18. The Kier molecular flexibility index (Phi) is 2.19. The second-order valence-corrected chi connectivity index (χ2v) is 3.53. The van der Waals surface area contributed by atoms with E-state index in [1.165, 1.54) is 6.42 Å². The van der Waals surface area contributed by atoms with Gasteiger partial charge in [-0.25, -0.2) is 0 Å². The molecule has 0 spiro atoms. The minimum atomic E-state index is 0.127. The SMILES string of the molecule is Cn1cccc(C2CCCN2)c1=O. The third-order valence-corrected chi connectivity index (χ3v) is 2.59. The molecule has 1 aliphatic heterocycles. The lowest BCUT2D eigenvalue weighted by Gasteiger charge is -2.10. The fraction of sp³-hybridized carbons (Fsp3) is 0.500. The quantitative estimate of drug-likeness (QED) is 0.690. The van der Waals surface area contributed by atoms with Crippen LogP contribution in [0.4, 0.5) is 0 Å². The van der Waals surface area contributed by atoms with Gasteiger partial charge >= 0.3 is 0 Å². The minimum absolute atomic E-state index is 0.127. The summed E-state index contributed by atoms with van der Waals surface area (Å²) in [6, 6.07) is 4.13. The van der Waals surface area contributed by atoms with Gasteiger partial charge in [0.05, 0.1) is 0 Å². The van der Waals surface area contributed by atoms with Crippen molar-refractivity contribution in [2.24, 2.45) is 7.05 Å². The predicted molar refractivity (Wildman–Crippen MR) is 51.7 cm³/mol. The summed E-state index contributed by atoms with van der Waals surface area (Å²) in [4.78, 5) is 11.7. The van der Waals surface area contributed by atoms with Gasteiger partial charge in [-0.1, -0.05) is 6.07 Å². The zero-order chi connectivity index (χ0) is 9.26. The van der Waals surface area contributed by atoms with Gasteiger partial charge in [0.2, 0.25) is 0 Å². The fourth-order valence-electron chi connectivity index (χ4n) is 1.83. The molecule has 1 atom stereocenters.